The Morgan fingerprint density at radius 2 is 1.79 bits per heavy atom. The van der Waals surface area contributed by atoms with E-state index in [0.717, 1.165) is 16.7 Å². The van der Waals surface area contributed by atoms with Gasteiger partial charge in [0.1, 0.15) is 0 Å². The summed E-state index contributed by atoms with van der Waals surface area (Å²) in [6.07, 6.45) is 4.04. The molecule has 0 atom stereocenters. The summed E-state index contributed by atoms with van der Waals surface area (Å²) in [5.41, 5.74) is 3.85. The number of benzene rings is 2. The molecule has 19 heavy (non-hydrogen) atoms. The van der Waals surface area contributed by atoms with Gasteiger partial charge in [0.05, 0.1) is 12.7 Å². The van der Waals surface area contributed by atoms with E-state index < -0.39 is 0 Å². The average molecular weight is 252 g/mol. The molecule has 0 fully saturated rings. The molecular formula is C17H16O2. The molecule has 0 aliphatic rings. The van der Waals surface area contributed by atoms with Crippen LogP contribution >= 0.6 is 0 Å². The maximum absolute atomic E-state index is 11.5. The number of rotatable bonds is 3. The molecule has 2 heteroatoms. The first-order valence-corrected chi connectivity index (χ1v) is 6.13. The van der Waals surface area contributed by atoms with Gasteiger partial charge in [0.25, 0.3) is 0 Å². The van der Waals surface area contributed by atoms with Crippen LogP contribution in [0.1, 0.15) is 27.0 Å². The third-order valence-electron chi connectivity index (χ3n) is 2.96. The van der Waals surface area contributed by atoms with Crippen LogP contribution in [0.4, 0.5) is 0 Å². The highest BCUT2D eigenvalue weighted by Gasteiger charge is 2.06. The van der Waals surface area contributed by atoms with Crippen molar-refractivity contribution < 1.29 is 9.53 Å². The predicted molar refractivity (Wildman–Crippen MR) is 77.9 cm³/mol. The van der Waals surface area contributed by atoms with Crippen LogP contribution in [-0.4, -0.2) is 13.1 Å². The Hall–Kier alpha value is -2.35. The van der Waals surface area contributed by atoms with Crippen molar-refractivity contribution in [2.45, 2.75) is 6.92 Å². The molecule has 0 unspecified atom stereocenters. The Morgan fingerprint density at radius 1 is 1.05 bits per heavy atom. The first kappa shape index (κ1) is 13.1. The number of aryl methyl sites for hydroxylation is 1. The zero-order valence-electron chi connectivity index (χ0n) is 11.1. The fourth-order valence-corrected chi connectivity index (χ4v) is 1.82. The molecule has 0 aromatic heterocycles. The van der Waals surface area contributed by atoms with E-state index in [1.54, 1.807) is 6.07 Å². The molecule has 2 rings (SSSR count). The lowest BCUT2D eigenvalue weighted by atomic mass is 10.0. The van der Waals surface area contributed by atoms with Crippen molar-refractivity contribution in [3.8, 4) is 0 Å². The van der Waals surface area contributed by atoms with Crippen LogP contribution < -0.4 is 0 Å². The minimum Gasteiger partial charge on any atom is -0.465 e. The molecular weight excluding hydrogens is 236 g/mol. The molecule has 2 nitrogen and oxygen atoms in total. The quantitative estimate of drug-likeness (QED) is 0.610. The lowest BCUT2D eigenvalue weighted by Crippen LogP contribution is -2.01. The molecule has 0 aliphatic heterocycles. The smallest absolute Gasteiger partial charge is 0.337 e. The van der Waals surface area contributed by atoms with Gasteiger partial charge in [-0.1, -0.05) is 48.6 Å². The van der Waals surface area contributed by atoms with Crippen LogP contribution in [0, 0.1) is 6.92 Å². The van der Waals surface area contributed by atoms with Crippen LogP contribution in [0.5, 0.6) is 0 Å². The van der Waals surface area contributed by atoms with Crippen LogP contribution in [-0.2, 0) is 4.74 Å². The Kier molecular flexibility index (Phi) is 4.14. The number of ether oxygens (including phenoxy) is 1. The van der Waals surface area contributed by atoms with Crippen molar-refractivity contribution in [2.24, 2.45) is 0 Å². The summed E-state index contributed by atoms with van der Waals surface area (Å²) in [5.74, 6) is -0.311. The van der Waals surface area contributed by atoms with Crippen molar-refractivity contribution in [1.82, 2.24) is 0 Å². The number of hydrogen-bond acceptors (Lipinski definition) is 2. The monoisotopic (exact) mass is 252 g/mol. The molecule has 2 aromatic rings. The molecule has 96 valence electrons. The SMILES string of the molecule is COC(=O)c1ccc(C)c(/C=C/c2ccccc2)c1. The van der Waals surface area contributed by atoms with Crippen LogP contribution in [0.3, 0.4) is 0 Å². The van der Waals surface area contributed by atoms with Crippen LogP contribution in [0.25, 0.3) is 12.2 Å². The molecule has 0 radical (unpaired) electrons. The molecule has 0 saturated heterocycles. The maximum Gasteiger partial charge on any atom is 0.337 e. The van der Waals surface area contributed by atoms with E-state index >= 15 is 0 Å². The Balaban J connectivity index is 2.29. The Labute approximate surface area is 113 Å². The van der Waals surface area contributed by atoms with Crippen molar-refractivity contribution in [3.05, 3.63) is 70.8 Å². The lowest BCUT2D eigenvalue weighted by molar-refractivity contribution is 0.0600. The summed E-state index contributed by atoms with van der Waals surface area (Å²) in [6, 6.07) is 15.6. The molecule has 0 heterocycles. The summed E-state index contributed by atoms with van der Waals surface area (Å²) in [6.45, 7) is 2.02. The van der Waals surface area contributed by atoms with Crippen molar-refractivity contribution in [3.63, 3.8) is 0 Å². The predicted octanol–water partition coefficient (Wildman–Crippen LogP) is 3.95. The molecule has 0 saturated carbocycles. The number of esters is 1. The average Bonchev–Trinajstić information content (AvgIpc) is 2.46. The van der Waals surface area contributed by atoms with Gasteiger partial charge in [-0.25, -0.2) is 4.79 Å². The highest BCUT2D eigenvalue weighted by atomic mass is 16.5. The van der Waals surface area contributed by atoms with Gasteiger partial charge in [-0.05, 0) is 35.7 Å². The standard InChI is InChI=1S/C17H16O2/c1-13-8-10-16(17(18)19-2)12-15(13)11-9-14-6-4-3-5-7-14/h3-12H,1-2H3/b11-9+. The van der Waals surface area contributed by atoms with Gasteiger partial charge in [0, 0.05) is 0 Å². The summed E-state index contributed by atoms with van der Waals surface area (Å²) in [4.78, 5) is 11.5. The topological polar surface area (TPSA) is 26.3 Å². The van der Waals surface area contributed by atoms with Crippen LogP contribution in [0.2, 0.25) is 0 Å². The van der Waals surface area contributed by atoms with Crippen molar-refractivity contribution >= 4 is 18.1 Å². The van der Waals surface area contributed by atoms with E-state index in [0.29, 0.717) is 5.56 Å². The van der Waals surface area contributed by atoms with Crippen LogP contribution in [0.15, 0.2) is 48.5 Å². The summed E-state index contributed by atoms with van der Waals surface area (Å²) in [5, 5.41) is 0. The third-order valence-corrected chi connectivity index (χ3v) is 2.96. The van der Waals surface area contributed by atoms with Gasteiger partial charge in [0.2, 0.25) is 0 Å². The molecule has 0 bridgehead atoms. The molecule has 0 N–H and O–H groups in total. The molecule has 0 spiro atoms. The lowest BCUT2D eigenvalue weighted by Gasteiger charge is -2.04. The van der Waals surface area contributed by atoms with E-state index in [2.05, 4.69) is 0 Å². The molecule has 2 aromatic carbocycles. The fourth-order valence-electron chi connectivity index (χ4n) is 1.82. The first-order valence-electron chi connectivity index (χ1n) is 6.13. The second kappa shape index (κ2) is 6.01. The number of carbonyl (C=O) groups excluding carboxylic acids is 1. The minimum atomic E-state index is -0.311. The Morgan fingerprint density at radius 3 is 2.47 bits per heavy atom. The normalized spacial score (nSPS) is 10.6. The second-order valence-corrected chi connectivity index (χ2v) is 4.31. The fraction of sp³-hybridized carbons (Fsp3) is 0.118. The van der Waals surface area contributed by atoms with E-state index in [1.165, 1.54) is 7.11 Å². The van der Waals surface area contributed by atoms with Gasteiger partial charge in [-0.15, -0.1) is 0 Å². The largest absolute Gasteiger partial charge is 0.465 e. The summed E-state index contributed by atoms with van der Waals surface area (Å²) >= 11 is 0. The first-order chi connectivity index (χ1) is 9.20. The van der Waals surface area contributed by atoms with Gasteiger partial charge in [-0.2, -0.15) is 0 Å². The van der Waals surface area contributed by atoms with Crippen molar-refractivity contribution in [2.75, 3.05) is 7.11 Å². The van der Waals surface area contributed by atoms with E-state index in [4.69, 9.17) is 4.74 Å². The minimum absolute atomic E-state index is 0.311. The Bertz CT molecular complexity index is 598. The zero-order chi connectivity index (χ0) is 13.7. The van der Waals surface area contributed by atoms with E-state index in [-0.39, 0.29) is 5.97 Å². The highest BCUT2D eigenvalue weighted by Crippen LogP contribution is 2.15. The third kappa shape index (κ3) is 3.32. The van der Waals surface area contributed by atoms with Crippen molar-refractivity contribution in [1.29, 1.82) is 0 Å². The van der Waals surface area contributed by atoms with E-state index in [1.807, 2.05) is 61.5 Å². The summed E-state index contributed by atoms with van der Waals surface area (Å²) < 4.78 is 4.73. The number of carbonyl (C=O) groups is 1. The number of methoxy groups -OCH3 is 1. The number of hydrogen-bond donors (Lipinski definition) is 0. The van der Waals surface area contributed by atoms with Gasteiger partial charge in [-0.3, -0.25) is 0 Å². The maximum atomic E-state index is 11.5. The summed E-state index contributed by atoms with van der Waals surface area (Å²) in [7, 11) is 1.39. The molecule has 0 amide bonds. The van der Waals surface area contributed by atoms with Gasteiger partial charge < -0.3 is 4.74 Å². The zero-order valence-corrected chi connectivity index (χ0v) is 11.1. The van der Waals surface area contributed by atoms with E-state index in [9.17, 15) is 4.79 Å². The van der Waals surface area contributed by atoms with Gasteiger partial charge in [0.15, 0.2) is 0 Å². The van der Waals surface area contributed by atoms with Gasteiger partial charge >= 0.3 is 5.97 Å². The molecule has 0 aliphatic carbocycles. The second-order valence-electron chi connectivity index (χ2n) is 4.31. The highest BCUT2D eigenvalue weighted by molar-refractivity contribution is 5.90.